The molecule has 4 heteroatoms. The smallest absolute Gasteiger partial charge is 0.128 e. The molecular weight excluding hydrogens is 248 g/mol. The lowest BCUT2D eigenvalue weighted by Crippen LogP contribution is -2.02. The molecule has 0 atom stereocenters. The molecule has 0 spiro atoms. The molecule has 2 N–H and O–H groups in total. The number of benzene rings is 1. The van der Waals surface area contributed by atoms with Crippen molar-refractivity contribution in [1.82, 2.24) is 4.98 Å². The van der Waals surface area contributed by atoms with Gasteiger partial charge in [-0.25, -0.2) is 0 Å². The number of fused-ring (bicyclic) bond motifs is 1. The molecule has 94 valence electrons. The van der Waals surface area contributed by atoms with Crippen molar-refractivity contribution < 1.29 is 4.74 Å². The van der Waals surface area contributed by atoms with Gasteiger partial charge in [-0.15, -0.1) is 0 Å². The van der Waals surface area contributed by atoms with Crippen molar-refractivity contribution in [3.05, 3.63) is 34.5 Å². The Morgan fingerprint density at radius 2 is 2.22 bits per heavy atom. The molecule has 2 aromatic rings. The molecule has 1 aliphatic carbocycles. The summed E-state index contributed by atoms with van der Waals surface area (Å²) in [5.41, 5.74) is 8.83. The normalized spacial score (nSPS) is 15.1. The Hall–Kier alpha value is -1.32. The molecule has 1 fully saturated rings. The van der Waals surface area contributed by atoms with E-state index in [0.29, 0.717) is 17.5 Å². The van der Waals surface area contributed by atoms with E-state index in [9.17, 15) is 0 Å². The van der Waals surface area contributed by atoms with Gasteiger partial charge in [-0.1, -0.05) is 11.6 Å². The van der Waals surface area contributed by atoms with Gasteiger partial charge in [0, 0.05) is 23.5 Å². The maximum absolute atomic E-state index is 6.25. The number of rotatable bonds is 3. The fraction of sp³-hybridized carbons (Fsp3) is 0.357. The zero-order valence-corrected chi connectivity index (χ0v) is 11.0. The molecule has 0 unspecified atom stereocenters. The van der Waals surface area contributed by atoms with Gasteiger partial charge in [-0.3, -0.25) is 4.98 Å². The number of nitrogens with two attached hydrogens (primary N) is 1. The number of hydrogen-bond acceptors (Lipinski definition) is 3. The van der Waals surface area contributed by atoms with Gasteiger partial charge in [0.25, 0.3) is 0 Å². The molecule has 1 saturated carbocycles. The number of nitrogens with zero attached hydrogens (tertiary/aromatic N) is 1. The molecule has 0 aliphatic heterocycles. The first-order valence-electron chi connectivity index (χ1n) is 6.10. The molecule has 1 heterocycles. The van der Waals surface area contributed by atoms with E-state index in [4.69, 9.17) is 22.1 Å². The SMILES string of the molecule is COc1ccc(Cl)c2nc(C3CC3)cc(CN)c12. The summed E-state index contributed by atoms with van der Waals surface area (Å²) >= 11 is 6.25. The van der Waals surface area contributed by atoms with E-state index in [1.807, 2.05) is 12.1 Å². The zero-order chi connectivity index (χ0) is 12.7. The molecular formula is C14H15ClN2O. The maximum Gasteiger partial charge on any atom is 0.128 e. The average molecular weight is 263 g/mol. The number of aromatic nitrogens is 1. The lowest BCUT2D eigenvalue weighted by atomic mass is 10.1. The quantitative estimate of drug-likeness (QED) is 0.924. The lowest BCUT2D eigenvalue weighted by Gasteiger charge is -2.12. The average Bonchev–Trinajstić information content (AvgIpc) is 3.23. The highest BCUT2D eigenvalue weighted by atomic mass is 35.5. The predicted molar refractivity (Wildman–Crippen MR) is 73.2 cm³/mol. The minimum atomic E-state index is 0.468. The van der Waals surface area contributed by atoms with Crippen molar-refractivity contribution in [1.29, 1.82) is 0 Å². The van der Waals surface area contributed by atoms with Crippen LogP contribution in [0.4, 0.5) is 0 Å². The fourth-order valence-corrected chi connectivity index (χ4v) is 2.50. The van der Waals surface area contributed by atoms with E-state index < -0.39 is 0 Å². The Kier molecular flexibility index (Phi) is 2.88. The first-order valence-corrected chi connectivity index (χ1v) is 6.48. The molecule has 3 nitrogen and oxygen atoms in total. The molecule has 1 aromatic carbocycles. The van der Waals surface area contributed by atoms with Crippen LogP contribution in [0.25, 0.3) is 10.9 Å². The van der Waals surface area contributed by atoms with E-state index in [2.05, 4.69) is 11.1 Å². The van der Waals surface area contributed by atoms with Crippen molar-refractivity contribution in [2.24, 2.45) is 5.73 Å². The largest absolute Gasteiger partial charge is 0.496 e. The molecule has 18 heavy (non-hydrogen) atoms. The van der Waals surface area contributed by atoms with Gasteiger partial charge in [-0.05, 0) is 36.6 Å². The summed E-state index contributed by atoms with van der Waals surface area (Å²) in [6.07, 6.45) is 2.42. The standard InChI is InChI=1S/C14H15ClN2O/c1-18-12-5-4-10(15)14-13(12)9(7-16)6-11(17-14)8-2-3-8/h4-6,8H,2-3,7,16H2,1H3. The molecule has 0 saturated heterocycles. The first kappa shape index (κ1) is 11.8. The highest BCUT2D eigenvalue weighted by Crippen LogP contribution is 2.42. The summed E-state index contributed by atoms with van der Waals surface area (Å²) < 4.78 is 5.39. The van der Waals surface area contributed by atoms with Crippen LogP contribution in [0.15, 0.2) is 18.2 Å². The minimum absolute atomic E-state index is 0.468. The van der Waals surface area contributed by atoms with Crippen LogP contribution in [-0.2, 0) is 6.54 Å². The molecule has 0 radical (unpaired) electrons. The molecule has 1 aromatic heterocycles. The van der Waals surface area contributed by atoms with Crippen LogP contribution in [0.1, 0.15) is 30.0 Å². The van der Waals surface area contributed by atoms with Gasteiger partial charge in [0.15, 0.2) is 0 Å². The summed E-state index contributed by atoms with van der Waals surface area (Å²) in [5, 5.41) is 1.60. The highest BCUT2D eigenvalue weighted by molar-refractivity contribution is 6.35. The summed E-state index contributed by atoms with van der Waals surface area (Å²) in [4.78, 5) is 4.69. The van der Waals surface area contributed by atoms with Gasteiger partial charge < -0.3 is 10.5 Å². The Morgan fingerprint density at radius 1 is 1.44 bits per heavy atom. The summed E-state index contributed by atoms with van der Waals surface area (Å²) in [6, 6.07) is 5.79. The molecule has 0 amide bonds. The van der Waals surface area contributed by atoms with E-state index in [0.717, 1.165) is 27.9 Å². The third-order valence-electron chi connectivity index (χ3n) is 3.41. The maximum atomic E-state index is 6.25. The van der Waals surface area contributed by atoms with E-state index >= 15 is 0 Å². The highest BCUT2D eigenvalue weighted by Gasteiger charge is 2.26. The number of pyridine rings is 1. The third kappa shape index (κ3) is 1.84. The third-order valence-corrected chi connectivity index (χ3v) is 3.72. The van der Waals surface area contributed by atoms with Gasteiger partial charge in [-0.2, -0.15) is 0 Å². The number of methoxy groups -OCH3 is 1. The monoisotopic (exact) mass is 262 g/mol. The van der Waals surface area contributed by atoms with E-state index in [1.165, 1.54) is 12.8 Å². The number of halogens is 1. The van der Waals surface area contributed by atoms with Crippen LogP contribution >= 0.6 is 11.6 Å². The van der Waals surface area contributed by atoms with Crippen molar-refractivity contribution >= 4 is 22.5 Å². The van der Waals surface area contributed by atoms with Gasteiger partial charge in [0.05, 0.1) is 17.6 Å². The van der Waals surface area contributed by atoms with Crippen molar-refractivity contribution in [2.75, 3.05) is 7.11 Å². The molecule has 1 aliphatic rings. The Morgan fingerprint density at radius 3 is 2.83 bits per heavy atom. The van der Waals surface area contributed by atoms with Crippen LogP contribution in [-0.4, -0.2) is 12.1 Å². The minimum Gasteiger partial charge on any atom is -0.496 e. The molecule has 3 rings (SSSR count). The summed E-state index contributed by atoms with van der Waals surface area (Å²) in [7, 11) is 1.65. The number of ether oxygens (including phenoxy) is 1. The predicted octanol–water partition coefficient (Wildman–Crippen LogP) is 3.23. The topological polar surface area (TPSA) is 48.1 Å². The second kappa shape index (κ2) is 4.41. The lowest BCUT2D eigenvalue weighted by molar-refractivity contribution is 0.419. The van der Waals surface area contributed by atoms with Gasteiger partial charge in [0.1, 0.15) is 5.75 Å². The van der Waals surface area contributed by atoms with Gasteiger partial charge in [0.2, 0.25) is 0 Å². The Labute approximate surface area is 111 Å². The second-order valence-corrected chi connectivity index (χ2v) is 5.07. The number of hydrogen-bond donors (Lipinski definition) is 1. The van der Waals surface area contributed by atoms with Crippen LogP contribution in [0.5, 0.6) is 5.75 Å². The first-order chi connectivity index (χ1) is 8.74. The zero-order valence-electron chi connectivity index (χ0n) is 10.2. The van der Waals surface area contributed by atoms with Crippen LogP contribution in [0, 0.1) is 0 Å². The van der Waals surface area contributed by atoms with Crippen LogP contribution in [0.3, 0.4) is 0 Å². The Bertz CT molecular complexity index is 608. The van der Waals surface area contributed by atoms with Crippen LogP contribution < -0.4 is 10.5 Å². The van der Waals surface area contributed by atoms with Crippen molar-refractivity contribution in [3.8, 4) is 5.75 Å². The van der Waals surface area contributed by atoms with Crippen LogP contribution in [0.2, 0.25) is 5.02 Å². The van der Waals surface area contributed by atoms with Crippen molar-refractivity contribution in [2.45, 2.75) is 25.3 Å². The molecule has 0 bridgehead atoms. The summed E-state index contributed by atoms with van der Waals surface area (Å²) in [6.45, 7) is 0.468. The van der Waals surface area contributed by atoms with Crippen molar-refractivity contribution in [3.63, 3.8) is 0 Å². The van der Waals surface area contributed by atoms with E-state index in [-0.39, 0.29) is 0 Å². The van der Waals surface area contributed by atoms with Gasteiger partial charge >= 0.3 is 0 Å². The Balaban J connectivity index is 2.33. The second-order valence-electron chi connectivity index (χ2n) is 4.66. The van der Waals surface area contributed by atoms with E-state index in [1.54, 1.807) is 7.11 Å². The fourth-order valence-electron chi connectivity index (χ4n) is 2.30. The summed E-state index contributed by atoms with van der Waals surface area (Å²) in [5.74, 6) is 1.37.